The van der Waals surface area contributed by atoms with Crippen LogP contribution in [-0.4, -0.2) is 30.4 Å². The Bertz CT molecular complexity index is 317. The van der Waals surface area contributed by atoms with E-state index in [4.69, 9.17) is 4.74 Å². The number of carbonyl (C=O) groups excluding carboxylic acids is 2. The molecule has 4 nitrogen and oxygen atoms in total. The lowest BCUT2D eigenvalue weighted by molar-refractivity contribution is -0.121. The van der Waals surface area contributed by atoms with E-state index in [9.17, 15) is 9.59 Å². The fraction of sp³-hybridized carbons (Fsp3) is 0.867. The molecule has 108 valence electrons. The molecular formula is C15H25NO3. The summed E-state index contributed by atoms with van der Waals surface area (Å²) in [4.78, 5) is 23.1. The quantitative estimate of drug-likeness (QED) is 0.685. The Labute approximate surface area is 115 Å². The molecule has 2 unspecified atom stereocenters. The number of fused-ring (bicyclic) bond motifs is 1. The molecule has 4 heteroatoms. The van der Waals surface area contributed by atoms with Crippen LogP contribution < -0.4 is 5.32 Å². The van der Waals surface area contributed by atoms with Crippen molar-refractivity contribution in [3.05, 3.63) is 0 Å². The molecule has 19 heavy (non-hydrogen) atoms. The summed E-state index contributed by atoms with van der Waals surface area (Å²) in [7, 11) is 0. The monoisotopic (exact) mass is 267 g/mol. The van der Waals surface area contributed by atoms with Crippen molar-refractivity contribution >= 4 is 11.7 Å². The number of epoxide rings is 1. The van der Waals surface area contributed by atoms with Crippen LogP contribution in [0.15, 0.2) is 0 Å². The fourth-order valence-corrected chi connectivity index (χ4v) is 2.72. The van der Waals surface area contributed by atoms with E-state index in [0.717, 1.165) is 25.7 Å². The molecule has 2 aliphatic rings. The lowest BCUT2D eigenvalue weighted by Crippen LogP contribution is -2.25. The van der Waals surface area contributed by atoms with Gasteiger partial charge in [-0.3, -0.25) is 9.59 Å². The van der Waals surface area contributed by atoms with E-state index in [2.05, 4.69) is 5.32 Å². The average molecular weight is 267 g/mol. The first kappa shape index (κ1) is 14.5. The first-order chi connectivity index (χ1) is 9.25. The highest BCUT2D eigenvalue weighted by molar-refractivity contribution is 5.80. The fourth-order valence-electron chi connectivity index (χ4n) is 2.72. The van der Waals surface area contributed by atoms with Crippen molar-refractivity contribution in [2.24, 2.45) is 0 Å². The van der Waals surface area contributed by atoms with Gasteiger partial charge in [-0.2, -0.15) is 0 Å². The van der Waals surface area contributed by atoms with Gasteiger partial charge in [-0.15, -0.1) is 0 Å². The molecular weight excluding hydrogens is 242 g/mol. The zero-order chi connectivity index (χ0) is 13.5. The summed E-state index contributed by atoms with van der Waals surface area (Å²) < 4.78 is 5.59. The summed E-state index contributed by atoms with van der Waals surface area (Å²) in [5, 5.41) is 2.91. The van der Waals surface area contributed by atoms with Gasteiger partial charge in [0.05, 0.1) is 12.2 Å². The van der Waals surface area contributed by atoms with Gasteiger partial charge >= 0.3 is 0 Å². The minimum absolute atomic E-state index is 0.0668. The van der Waals surface area contributed by atoms with Crippen molar-refractivity contribution in [2.75, 3.05) is 6.54 Å². The molecule has 0 radical (unpaired) electrons. The molecule has 1 N–H and O–H groups in total. The maximum Gasteiger partial charge on any atom is 0.220 e. The molecule has 0 saturated carbocycles. The van der Waals surface area contributed by atoms with Gasteiger partial charge in [0.15, 0.2) is 0 Å². The molecule has 2 aliphatic heterocycles. The Morgan fingerprint density at radius 3 is 2.47 bits per heavy atom. The highest BCUT2D eigenvalue weighted by Crippen LogP contribution is 2.29. The number of nitrogens with one attached hydrogen (secondary N) is 1. The van der Waals surface area contributed by atoms with E-state index < -0.39 is 0 Å². The largest absolute Gasteiger partial charge is 0.370 e. The lowest BCUT2D eigenvalue weighted by atomic mass is 10.0. The normalized spacial score (nSPS) is 31.4. The maximum absolute atomic E-state index is 11.6. The second-order valence-corrected chi connectivity index (χ2v) is 5.70. The zero-order valence-corrected chi connectivity index (χ0v) is 11.7. The molecule has 0 aromatic heterocycles. The van der Waals surface area contributed by atoms with Gasteiger partial charge in [0.1, 0.15) is 5.78 Å². The van der Waals surface area contributed by atoms with Gasteiger partial charge < -0.3 is 10.1 Å². The summed E-state index contributed by atoms with van der Waals surface area (Å²) >= 11 is 0. The van der Waals surface area contributed by atoms with E-state index in [1.165, 1.54) is 12.8 Å². The van der Waals surface area contributed by atoms with Crippen LogP contribution in [0.5, 0.6) is 0 Å². The van der Waals surface area contributed by atoms with Crippen LogP contribution in [0.1, 0.15) is 64.2 Å². The van der Waals surface area contributed by atoms with E-state index in [1.807, 2.05) is 0 Å². The average Bonchev–Trinajstić information content (AvgIpc) is 3.11. The smallest absolute Gasteiger partial charge is 0.220 e. The van der Waals surface area contributed by atoms with E-state index in [-0.39, 0.29) is 5.91 Å². The minimum atomic E-state index is 0.0668. The van der Waals surface area contributed by atoms with E-state index in [0.29, 0.717) is 50.2 Å². The SMILES string of the molecule is O=C1CCCCCCC2OC2CCNC(=O)CCC1. The first-order valence-corrected chi connectivity index (χ1v) is 7.69. The molecule has 0 aromatic carbocycles. The third-order valence-electron chi connectivity index (χ3n) is 3.99. The number of amides is 1. The molecule has 2 heterocycles. The summed E-state index contributed by atoms with van der Waals surface area (Å²) in [5.74, 6) is 0.377. The van der Waals surface area contributed by atoms with Gasteiger partial charge in [-0.25, -0.2) is 0 Å². The van der Waals surface area contributed by atoms with Gasteiger partial charge in [0, 0.05) is 25.8 Å². The molecule has 0 aliphatic carbocycles. The number of carbonyl (C=O) groups is 2. The standard InChI is InChI=1S/C15H25NO3/c17-12-6-3-1-2-4-8-13-14(19-13)10-11-16-15(18)9-5-7-12/h13-14H,1-11H2,(H,16,18). The van der Waals surface area contributed by atoms with E-state index in [1.54, 1.807) is 0 Å². The molecule has 2 fully saturated rings. The maximum atomic E-state index is 11.6. The highest BCUT2D eigenvalue weighted by atomic mass is 16.6. The van der Waals surface area contributed by atoms with Crippen LogP contribution >= 0.6 is 0 Å². The topological polar surface area (TPSA) is 58.7 Å². The summed E-state index contributed by atoms with van der Waals surface area (Å²) in [6, 6.07) is 0. The highest BCUT2D eigenvalue weighted by Gasteiger charge is 2.37. The van der Waals surface area contributed by atoms with Crippen molar-refractivity contribution < 1.29 is 14.3 Å². The van der Waals surface area contributed by atoms with Crippen molar-refractivity contribution in [1.82, 2.24) is 5.32 Å². The predicted octanol–water partition coefficient (Wildman–Crippen LogP) is 2.35. The molecule has 2 rings (SSSR count). The minimum Gasteiger partial charge on any atom is -0.370 e. The Hall–Kier alpha value is -0.900. The second kappa shape index (κ2) is 7.63. The van der Waals surface area contributed by atoms with Crippen molar-refractivity contribution in [3.8, 4) is 0 Å². The molecule has 0 bridgehead atoms. The Kier molecular flexibility index (Phi) is 5.83. The van der Waals surface area contributed by atoms with Crippen LogP contribution in [0.4, 0.5) is 0 Å². The third-order valence-corrected chi connectivity index (χ3v) is 3.99. The number of hydrogen-bond donors (Lipinski definition) is 1. The van der Waals surface area contributed by atoms with Gasteiger partial charge in [0.2, 0.25) is 5.91 Å². The van der Waals surface area contributed by atoms with Crippen molar-refractivity contribution in [2.45, 2.75) is 76.4 Å². The molecule has 1 amide bonds. The number of hydrogen-bond acceptors (Lipinski definition) is 3. The summed E-state index contributed by atoms with van der Waals surface area (Å²) in [5.41, 5.74) is 0. The molecule has 0 spiro atoms. The summed E-state index contributed by atoms with van der Waals surface area (Å²) in [6.07, 6.45) is 9.80. The number of ether oxygens (including phenoxy) is 1. The number of Topliss-reactive ketones (excluding diaryl/α,β-unsaturated/α-hetero) is 1. The van der Waals surface area contributed by atoms with E-state index >= 15 is 0 Å². The number of rotatable bonds is 0. The Morgan fingerprint density at radius 2 is 1.58 bits per heavy atom. The van der Waals surface area contributed by atoms with Crippen molar-refractivity contribution in [1.29, 1.82) is 0 Å². The van der Waals surface area contributed by atoms with Crippen LogP contribution in [0, 0.1) is 0 Å². The van der Waals surface area contributed by atoms with Gasteiger partial charge in [-0.1, -0.05) is 19.3 Å². The van der Waals surface area contributed by atoms with Crippen LogP contribution in [0.25, 0.3) is 0 Å². The van der Waals surface area contributed by atoms with Gasteiger partial charge in [0.25, 0.3) is 0 Å². The summed E-state index contributed by atoms with van der Waals surface area (Å²) in [6.45, 7) is 0.702. The first-order valence-electron chi connectivity index (χ1n) is 7.69. The lowest BCUT2D eigenvalue weighted by Gasteiger charge is -2.05. The predicted molar refractivity (Wildman–Crippen MR) is 72.8 cm³/mol. The van der Waals surface area contributed by atoms with Crippen LogP contribution in [0.3, 0.4) is 0 Å². The second-order valence-electron chi connectivity index (χ2n) is 5.70. The molecule has 2 saturated heterocycles. The Balaban J connectivity index is 1.71. The van der Waals surface area contributed by atoms with Crippen LogP contribution in [0.2, 0.25) is 0 Å². The Morgan fingerprint density at radius 1 is 0.842 bits per heavy atom. The number of ketones is 1. The third kappa shape index (κ3) is 5.72. The van der Waals surface area contributed by atoms with Gasteiger partial charge in [-0.05, 0) is 25.7 Å². The molecule has 0 aromatic rings. The molecule has 2 atom stereocenters. The van der Waals surface area contributed by atoms with Crippen molar-refractivity contribution in [3.63, 3.8) is 0 Å². The van der Waals surface area contributed by atoms with Crippen LogP contribution in [-0.2, 0) is 14.3 Å². The zero-order valence-electron chi connectivity index (χ0n) is 11.7.